The van der Waals surface area contributed by atoms with E-state index in [1.54, 1.807) is 6.08 Å². The van der Waals surface area contributed by atoms with Gasteiger partial charge in [0.1, 0.15) is 11.5 Å². The lowest BCUT2D eigenvalue weighted by Gasteiger charge is -2.07. The number of rotatable bonds is 8. The van der Waals surface area contributed by atoms with Gasteiger partial charge in [0.25, 0.3) is 5.69 Å². The minimum absolute atomic E-state index is 0.150. The molecule has 1 rings (SSSR count). The Balaban J connectivity index is 2.47. The Bertz CT molecular complexity index is 424. The molecular weight excluding hydrogens is 239 g/mol. The maximum absolute atomic E-state index is 13.0. The molecule has 0 fully saturated rings. The Kier molecular flexibility index (Phi) is 5.79. The summed E-state index contributed by atoms with van der Waals surface area (Å²) in [6.07, 6.45) is 2.49. The molecule has 0 spiro atoms. The second kappa shape index (κ2) is 7.39. The quantitative estimate of drug-likeness (QED) is 0.335. The molecule has 0 aliphatic heterocycles. The van der Waals surface area contributed by atoms with Gasteiger partial charge >= 0.3 is 0 Å². The Hall–Kier alpha value is -1.95. The normalized spacial score (nSPS) is 10.1. The molecule has 1 aromatic rings. The second-order valence-corrected chi connectivity index (χ2v) is 3.54. The van der Waals surface area contributed by atoms with E-state index in [1.807, 2.05) is 0 Å². The number of nitro groups is 1. The lowest BCUT2D eigenvalue weighted by Crippen LogP contribution is -2.11. The van der Waals surface area contributed by atoms with E-state index in [-0.39, 0.29) is 11.4 Å². The third-order valence-electron chi connectivity index (χ3n) is 2.18. The molecule has 0 bridgehead atoms. The van der Waals surface area contributed by atoms with E-state index in [0.717, 1.165) is 24.6 Å². The number of hydrogen-bond acceptors (Lipinski definition) is 4. The van der Waals surface area contributed by atoms with Gasteiger partial charge in [0, 0.05) is 18.7 Å². The molecule has 0 atom stereocenters. The largest absolute Gasteiger partial charge is 0.379 e. The van der Waals surface area contributed by atoms with Crippen LogP contribution in [-0.4, -0.2) is 24.7 Å². The van der Waals surface area contributed by atoms with Gasteiger partial charge in [-0.05, 0) is 12.5 Å². The summed E-state index contributed by atoms with van der Waals surface area (Å²) in [6.45, 7) is 4.87. The number of halogens is 1. The van der Waals surface area contributed by atoms with Gasteiger partial charge in [-0.15, -0.1) is 6.58 Å². The third-order valence-corrected chi connectivity index (χ3v) is 2.18. The number of nitrogens with one attached hydrogen (secondary N) is 1. The average Bonchev–Trinajstić information content (AvgIpc) is 2.33. The summed E-state index contributed by atoms with van der Waals surface area (Å²) in [7, 11) is 0. The summed E-state index contributed by atoms with van der Waals surface area (Å²) in [6, 6.07) is 3.29. The van der Waals surface area contributed by atoms with Gasteiger partial charge < -0.3 is 10.1 Å². The van der Waals surface area contributed by atoms with Crippen molar-refractivity contribution in [3.05, 3.63) is 46.8 Å². The van der Waals surface area contributed by atoms with Crippen molar-refractivity contribution in [3.8, 4) is 0 Å². The fourth-order valence-electron chi connectivity index (χ4n) is 1.34. The highest BCUT2D eigenvalue weighted by Gasteiger charge is 2.13. The first-order valence-electron chi connectivity index (χ1n) is 5.51. The molecule has 0 saturated heterocycles. The van der Waals surface area contributed by atoms with Crippen LogP contribution in [0.15, 0.2) is 30.9 Å². The highest BCUT2D eigenvalue weighted by Crippen LogP contribution is 2.24. The van der Waals surface area contributed by atoms with Gasteiger partial charge in [-0.3, -0.25) is 10.1 Å². The molecule has 5 nitrogen and oxygen atoms in total. The molecule has 0 saturated carbocycles. The van der Waals surface area contributed by atoms with Crippen molar-refractivity contribution in [1.82, 2.24) is 0 Å². The van der Waals surface area contributed by atoms with Gasteiger partial charge in [-0.25, -0.2) is 4.39 Å². The molecule has 0 heterocycles. The summed E-state index contributed by atoms with van der Waals surface area (Å²) in [5.41, 5.74) is 0.00909. The Morgan fingerprint density at radius 1 is 1.50 bits per heavy atom. The van der Waals surface area contributed by atoms with Crippen molar-refractivity contribution < 1.29 is 14.1 Å². The van der Waals surface area contributed by atoms with E-state index in [1.165, 1.54) is 0 Å². The van der Waals surface area contributed by atoms with Crippen molar-refractivity contribution in [1.29, 1.82) is 0 Å². The van der Waals surface area contributed by atoms with Crippen molar-refractivity contribution in [2.45, 2.75) is 6.42 Å². The van der Waals surface area contributed by atoms with E-state index in [0.29, 0.717) is 19.8 Å². The fourth-order valence-corrected chi connectivity index (χ4v) is 1.34. The predicted molar refractivity (Wildman–Crippen MR) is 67.2 cm³/mol. The van der Waals surface area contributed by atoms with E-state index >= 15 is 0 Å². The van der Waals surface area contributed by atoms with Crippen LogP contribution in [0.1, 0.15) is 6.42 Å². The zero-order valence-corrected chi connectivity index (χ0v) is 9.89. The van der Waals surface area contributed by atoms with Gasteiger partial charge in [0.05, 0.1) is 18.1 Å². The minimum atomic E-state index is -0.555. The van der Waals surface area contributed by atoms with E-state index in [4.69, 9.17) is 4.74 Å². The van der Waals surface area contributed by atoms with Crippen LogP contribution in [0.5, 0.6) is 0 Å². The monoisotopic (exact) mass is 254 g/mol. The molecule has 0 unspecified atom stereocenters. The third kappa shape index (κ3) is 4.50. The van der Waals surface area contributed by atoms with E-state index in [9.17, 15) is 14.5 Å². The van der Waals surface area contributed by atoms with Crippen LogP contribution in [0.3, 0.4) is 0 Å². The standard InChI is InChI=1S/C12H15FN2O3/c1-2-3-7-18-8-6-14-11-9-10(13)4-5-12(11)15(16)17/h2,4-5,9,14H,1,3,6-8H2. The number of nitrogens with zero attached hydrogens (tertiary/aromatic N) is 1. The molecule has 1 aromatic carbocycles. The van der Waals surface area contributed by atoms with Crippen molar-refractivity contribution in [2.75, 3.05) is 25.1 Å². The van der Waals surface area contributed by atoms with E-state index in [2.05, 4.69) is 11.9 Å². The van der Waals surface area contributed by atoms with Gasteiger partial charge in [0.2, 0.25) is 0 Å². The first-order chi connectivity index (χ1) is 8.65. The zero-order valence-electron chi connectivity index (χ0n) is 9.89. The molecule has 6 heteroatoms. The molecule has 18 heavy (non-hydrogen) atoms. The SMILES string of the molecule is C=CCCOCCNc1cc(F)ccc1[N+](=O)[O-]. The van der Waals surface area contributed by atoms with Crippen LogP contribution in [0, 0.1) is 15.9 Å². The van der Waals surface area contributed by atoms with Crippen molar-refractivity contribution in [2.24, 2.45) is 0 Å². The van der Waals surface area contributed by atoms with Crippen LogP contribution in [0.2, 0.25) is 0 Å². The van der Waals surface area contributed by atoms with Crippen LogP contribution in [0.25, 0.3) is 0 Å². The maximum Gasteiger partial charge on any atom is 0.292 e. The highest BCUT2D eigenvalue weighted by molar-refractivity contribution is 5.61. The Morgan fingerprint density at radius 2 is 2.28 bits per heavy atom. The Labute approximate surface area is 104 Å². The van der Waals surface area contributed by atoms with Crippen LogP contribution < -0.4 is 5.32 Å². The number of hydrogen-bond donors (Lipinski definition) is 1. The molecule has 1 N–H and O–H groups in total. The molecule has 0 aromatic heterocycles. The minimum Gasteiger partial charge on any atom is -0.379 e. The zero-order chi connectivity index (χ0) is 13.4. The number of benzene rings is 1. The molecule has 0 aliphatic rings. The summed E-state index contributed by atoms with van der Waals surface area (Å²) in [4.78, 5) is 10.2. The average molecular weight is 254 g/mol. The smallest absolute Gasteiger partial charge is 0.292 e. The maximum atomic E-state index is 13.0. The van der Waals surface area contributed by atoms with Crippen LogP contribution in [0.4, 0.5) is 15.8 Å². The van der Waals surface area contributed by atoms with Crippen molar-refractivity contribution >= 4 is 11.4 Å². The number of ether oxygens (including phenoxy) is 1. The van der Waals surface area contributed by atoms with Gasteiger partial charge in [-0.1, -0.05) is 6.08 Å². The number of anilines is 1. The summed E-state index contributed by atoms with van der Waals surface area (Å²) in [5, 5.41) is 13.5. The van der Waals surface area contributed by atoms with Gasteiger partial charge in [0.15, 0.2) is 0 Å². The highest BCUT2D eigenvalue weighted by atomic mass is 19.1. The lowest BCUT2D eigenvalue weighted by molar-refractivity contribution is -0.384. The molecule has 0 radical (unpaired) electrons. The topological polar surface area (TPSA) is 64.4 Å². The number of nitro benzene ring substituents is 1. The predicted octanol–water partition coefficient (Wildman–Crippen LogP) is 2.74. The summed E-state index contributed by atoms with van der Waals surface area (Å²) in [5.74, 6) is -0.518. The lowest BCUT2D eigenvalue weighted by atomic mass is 10.2. The van der Waals surface area contributed by atoms with Crippen LogP contribution >= 0.6 is 0 Å². The molecule has 0 aliphatic carbocycles. The molecule has 98 valence electrons. The van der Waals surface area contributed by atoms with Crippen molar-refractivity contribution in [3.63, 3.8) is 0 Å². The summed E-state index contributed by atoms with van der Waals surface area (Å²) < 4.78 is 18.2. The first kappa shape index (κ1) is 14.1. The first-order valence-corrected chi connectivity index (χ1v) is 5.51. The summed E-state index contributed by atoms with van der Waals surface area (Å²) >= 11 is 0. The molecule has 0 amide bonds. The van der Waals surface area contributed by atoms with Gasteiger partial charge in [-0.2, -0.15) is 0 Å². The van der Waals surface area contributed by atoms with Crippen LogP contribution in [-0.2, 0) is 4.74 Å². The van der Waals surface area contributed by atoms with E-state index < -0.39 is 10.7 Å². The fraction of sp³-hybridized carbons (Fsp3) is 0.333. The Morgan fingerprint density at radius 3 is 2.94 bits per heavy atom. The second-order valence-electron chi connectivity index (χ2n) is 3.54. The molecular formula is C12H15FN2O3.